The molecule has 1 heterocycles. The fourth-order valence-corrected chi connectivity index (χ4v) is 2.48. The SMILES string of the molecule is CC(NC(=O)C(C)(C)c1ccccc1)C(=O)N1CCOCC1. The van der Waals surface area contributed by atoms with Gasteiger partial charge in [0.1, 0.15) is 6.04 Å². The highest BCUT2D eigenvalue weighted by Gasteiger charge is 2.32. The van der Waals surface area contributed by atoms with Crippen LogP contribution in [0.2, 0.25) is 0 Å². The molecule has 1 aliphatic heterocycles. The molecule has 0 spiro atoms. The number of nitrogens with zero attached hydrogens (tertiary/aromatic N) is 1. The summed E-state index contributed by atoms with van der Waals surface area (Å²) in [6.07, 6.45) is 0. The molecule has 0 radical (unpaired) electrons. The lowest BCUT2D eigenvalue weighted by Crippen LogP contribution is -2.53. The summed E-state index contributed by atoms with van der Waals surface area (Å²) in [6, 6.07) is 9.05. The van der Waals surface area contributed by atoms with E-state index in [1.54, 1.807) is 11.8 Å². The Labute approximate surface area is 131 Å². The zero-order valence-corrected chi connectivity index (χ0v) is 13.5. The fourth-order valence-electron chi connectivity index (χ4n) is 2.48. The molecule has 5 heteroatoms. The first-order valence-corrected chi connectivity index (χ1v) is 7.66. The van der Waals surface area contributed by atoms with E-state index >= 15 is 0 Å². The zero-order valence-electron chi connectivity index (χ0n) is 13.5. The van der Waals surface area contributed by atoms with Crippen molar-refractivity contribution in [1.29, 1.82) is 0 Å². The molecular weight excluding hydrogens is 280 g/mol. The summed E-state index contributed by atoms with van der Waals surface area (Å²) in [5.74, 6) is -0.201. The smallest absolute Gasteiger partial charge is 0.245 e. The number of hydrogen-bond donors (Lipinski definition) is 1. The maximum absolute atomic E-state index is 12.6. The molecule has 22 heavy (non-hydrogen) atoms. The van der Waals surface area contributed by atoms with Crippen molar-refractivity contribution >= 4 is 11.8 Å². The fraction of sp³-hybridized carbons (Fsp3) is 0.529. The van der Waals surface area contributed by atoms with E-state index in [1.807, 2.05) is 44.2 Å². The van der Waals surface area contributed by atoms with Gasteiger partial charge in [0, 0.05) is 13.1 Å². The highest BCUT2D eigenvalue weighted by atomic mass is 16.5. The predicted molar refractivity (Wildman–Crippen MR) is 84.5 cm³/mol. The quantitative estimate of drug-likeness (QED) is 0.913. The topological polar surface area (TPSA) is 58.6 Å². The minimum absolute atomic E-state index is 0.0551. The number of morpholine rings is 1. The van der Waals surface area contributed by atoms with Crippen LogP contribution in [0.1, 0.15) is 26.3 Å². The van der Waals surface area contributed by atoms with Gasteiger partial charge in [0.25, 0.3) is 0 Å². The van der Waals surface area contributed by atoms with Gasteiger partial charge in [-0.3, -0.25) is 9.59 Å². The van der Waals surface area contributed by atoms with Gasteiger partial charge in [-0.15, -0.1) is 0 Å². The van der Waals surface area contributed by atoms with Crippen LogP contribution >= 0.6 is 0 Å². The second kappa shape index (κ2) is 6.92. The maximum Gasteiger partial charge on any atom is 0.245 e. The van der Waals surface area contributed by atoms with Gasteiger partial charge in [0.05, 0.1) is 18.6 Å². The van der Waals surface area contributed by atoms with Gasteiger partial charge in [0.15, 0.2) is 0 Å². The van der Waals surface area contributed by atoms with Crippen LogP contribution in [0, 0.1) is 0 Å². The van der Waals surface area contributed by atoms with Crippen LogP contribution in [0.5, 0.6) is 0 Å². The third-order valence-electron chi connectivity index (χ3n) is 4.10. The molecule has 1 unspecified atom stereocenters. The van der Waals surface area contributed by atoms with E-state index in [4.69, 9.17) is 4.74 Å². The molecule has 1 aromatic carbocycles. The molecule has 5 nitrogen and oxygen atoms in total. The van der Waals surface area contributed by atoms with Gasteiger partial charge in [-0.1, -0.05) is 30.3 Å². The number of hydrogen-bond acceptors (Lipinski definition) is 3. The van der Waals surface area contributed by atoms with Gasteiger partial charge in [-0.05, 0) is 26.3 Å². The first-order chi connectivity index (χ1) is 10.4. The minimum Gasteiger partial charge on any atom is -0.378 e. The molecule has 0 bridgehead atoms. The molecule has 120 valence electrons. The van der Waals surface area contributed by atoms with E-state index in [1.165, 1.54) is 0 Å². The third-order valence-corrected chi connectivity index (χ3v) is 4.10. The molecule has 0 aromatic heterocycles. The number of ether oxygens (including phenoxy) is 1. The Morgan fingerprint density at radius 3 is 2.36 bits per heavy atom. The average Bonchev–Trinajstić information content (AvgIpc) is 2.55. The van der Waals surface area contributed by atoms with Crippen LogP contribution in [0.3, 0.4) is 0 Å². The van der Waals surface area contributed by atoms with E-state index in [2.05, 4.69) is 5.32 Å². The molecule has 1 N–H and O–H groups in total. The van der Waals surface area contributed by atoms with Crippen molar-refractivity contribution in [3.05, 3.63) is 35.9 Å². The van der Waals surface area contributed by atoms with Crippen molar-refractivity contribution in [3.8, 4) is 0 Å². The molecule has 1 saturated heterocycles. The number of nitrogens with one attached hydrogen (secondary N) is 1. The Morgan fingerprint density at radius 2 is 1.77 bits per heavy atom. The van der Waals surface area contributed by atoms with E-state index in [9.17, 15) is 9.59 Å². The molecule has 0 aliphatic carbocycles. The second-order valence-electron chi connectivity index (χ2n) is 6.12. The minimum atomic E-state index is -0.680. The first kappa shape index (κ1) is 16.5. The molecule has 1 atom stereocenters. The molecular formula is C17H24N2O3. The van der Waals surface area contributed by atoms with Gasteiger partial charge >= 0.3 is 0 Å². The van der Waals surface area contributed by atoms with Crippen LogP contribution < -0.4 is 5.32 Å². The molecule has 1 aromatic rings. The number of carbonyl (C=O) groups is 2. The highest BCUT2D eigenvalue weighted by molar-refractivity contribution is 5.92. The van der Waals surface area contributed by atoms with Crippen LogP contribution in [0.4, 0.5) is 0 Å². The van der Waals surface area contributed by atoms with Gasteiger partial charge in [0.2, 0.25) is 11.8 Å². The van der Waals surface area contributed by atoms with Crippen molar-refractivity contribution in [1.82, 2.24) is 10.2 Å². The summed E-state index contributed by atoms with van der Waals surface area (Å²) in [5.41, 5.74) is 0.249. The van der Waals surface area contributed by atoms with Crippen molar-refractivity contribution in [2.45, 2.75) is 32.2 Å². The number of amides is 2. The lowest BCUT2D eigenvalue weighted by molar-refractivity contribution is -0.140. The summed E-state index contributed by atoms with van der Waals surface area (Å²) in [7, 11) is 0. The van der Waals surface area contributed by atoms with Crippen molar-refractivity contribution in [2.24, 2.45) is 0 Å². The van der Waals surface area contributed by atoms with E-state index < -0.39 is 11.5 Å². The average molecular weight is 304 g/mol. The van der Waals surface area contributed by atoms with Crippen molar-refractivity contribution in [3.63, 3.8) is 0 Å². The molecule has 0 saturated carbocycles. The van der Waals surface area contributed by atoms with E-state index in [-0.39, 0.29) is 11.8 Å². The zero-order chi connectivity index (χ0) is 16.2. The Hall–Kier alpha value is -1.88. The highest BCUT2D eigenvalue weighted by Crippen LogP contribution is 2.23. The normalized spacial score (nSPS) is 17.0. The van der Waals surface area contributed by atoms with Gasteiger partial charge in [-0.25, -0.2) is 0 Å². The largest absolute Gasteiger partial charge is 0.378 e. The van der Waals surface area contributed by atoms with Crippen LogP contribution in [0.15, 0.2) is 30.3 Å². The predicted octanol–water partition coefficient (Wildman–Crippen LogP) is 1.33. The monoisotopic (exact) mass is 304 g/mol. The summed E-state index contributed by atoms with van der Waals surface area (Å²) < 4.78 is 5.24. The lowest BCUT2D eigenvalue weighted by Gasteiger charge is -2.31. The van der Waals surface area contributed by atoms with E-state index in [0.29, 0.717) is 26.3 Å². The molecule has 2 amide bonds. The molecule has 1 fully saturated rings. The first-order valence-electron chi connectivity index (χ1n) is 7.66. The summed E-state index contributed by atoms with van der Waals surface area (Å²) in [6.45, 7) is 7.75. The van der Waals surface area contributed by atoms with Crippen molar-refractivity contribution < 1.29 is 14.3 Å². The maximum atomic E-state index is 12.6. The Morgan fingerprint density at radius 1 is 1.18 bits per heavy atom. The number of rotatable bonds is 4. The van der Waals surface area contributed by atoms with Crippen LogP contribution in [-0.2, 0) is 19.7 Å². The van der Waals surface area contributed by atoms with Crippen LogP contribution in [0.25, 0.3) is 0 Å². The van der Waals surface area contributed by atoms with Crippen LogP contribution in [-0.4, -0.2) is 49.1 Å². The number of benzene rings is 1. The van der Waals surface area contributed by atoms with E-state index in [0.717, 1.165) is 5.56 Å². The summed E-state index contributed by atoms with van der Waals surface area (Å²) >= 11 is 0. The molecule has 2 rings (SSSR count). The number of carbonyl (C=O) groups excluding carboxylic acids is 2. The lowest BCUT2D eigenvalue weighted by atomic mass is 9.83. The van der Waals surface area contributed by atoms with Gasteiger partial charge < -0.3 is 15.0 Å². The Balaban J connectivity index is 1.99. The summed E-state index contributed by atoms with van der Waals surface area (Å²) in [5, 5.41) is 2.84. The molecule has 1 aliphatic rings. The standard InChI is InChI=1S/C17H24N2O3/c1-13(15(20)19-9-11-22-12-10-19)18-16(21)17(2,3)14-7-5-4-6-8-14/h4-8,13H,9-12H2,1-3H3,(H,18,21). The van der Waals surface area contributed by atoms with Gasteiger partial charge in [-0.2, -0.15) is 0 Å². The Kier molecular flexibility index (Phi) is 5.19. The second-order valence-corrected chi connectivity index (χ2v) is 6.12. The Bertz CT molecular complexity index is 522. The summed E-state index contributed by atoms with van der Waals surface area (Å²) in [4.78, 5) is 26.6. The third kappa shape index (κ3) is 3.65. The van der Waals surface area contributed by atoms with Crippen molar-refractivity contribution in [2.75, 3.05) is 26.3 Å².